The van der Waals surface area contributed by atoms with E-state index in [-0.39, 0.29) is 51.4 Å². The lowest BCUT2D eigenvalue weighted by Gasteiger charge is -1.93. The van der Waals surface area contributed by atoms with Crippen molar-refractivity contribution in [3.63, 3.8) is 0 Å². The van der Waals surface area contributed by atoms with Gasteiger partial charge in [-0.15, -0.1) is 0 Å². The average Bonchev–Trinajstić information content (AvgIpc) is 1.70. The Morgan fingerprint density at radius 3 is 0.894 bits per heavy atom. The molecule has 11 nitrogen and oxygen atoms in total. The number of hydrogen-bond donors (Lipinski definition) is 6. The first-order valence-electron chi connectivity index (χ1n) is 55.5. The molecule has 0 saturated carbocycles. The summed E-state index contributed by atoms with van der Waals surface area (Å²) in [5.74, 6) is 6.36. The zero-order valence-electron chi connectivity index (χ0n) is 103. The van der Waals surface area contributed by atoms with E-state index in [1.165, 1.54) is 173 Å². The van der Waals surface area contributed by atoms with Crippen molar-refractivity contribution in [2.75, 3.05) is 18.6 Å². The summed E-state index contributed by atoms with van der Waals surface area (Å²) in [6.07, 6.45) is 46.7. The number of thiol groups is 1. The quantitative estimate of drug-likeness (QED) is 0.0126. The number of imidazole rings is 1. The minimum absolute atomic E-state index is 0. The molecule has 2 aromatic heterocycles. The third-order valence-electron chi connectivity index (χ3n) is 15.3. The van der Waals surface area contributed by atoms with Crippen LogP contribution in [-0.2, 0) is 51.3 Å². The summed E-state index contributed by atoms with van der Waals surface area (Å²) in [7, 11) is 0. The van der Waals surface area contributed by atoms with Gasteiger partial charge in [0.15, 0.2) is 5.96 Å². The van der Waals surface area contributed by atoms with Crippen LogP contribution in [0.5, 0.6) is 5.75 Å². The van der Waals surface area contributed by atoms with Crippen molar-refractivity contribution in [2.45, 2.75) is 579 Å². The van der Waals surface area contributed by atoms with Crippen molar-refractivity contribution in [3.05, 3.63) is 155 Å². The summed E-state index contributed by atoms with van der Waals surface area (Å²) in [5.41, 5.74) is 17.9. The number of rotatable bonds is 27. The van der Waals surface area contributed by atoms with Crippen LogP contribution in [0.25, 0.3) is 10.9 Å². The molecule has 7 N–H and O–H groups in total. The second kappa shape index (κ2) is 193. The Kier molecular flexibility index (Phi) is 265. The van der Waals surface area contributed by atoms with Gasteiger partial charge in [0, 0.05) is 66.2 Å². The number of halogens is 1. The third-order valence-corrected chi connectivity index (χ3v) is 16.4. The number of fused-ring (bicyclic) bond motifs is 1. The summed E-state index contributed by atoms with van der Waals surface area (Å²) in [6.45, 7) is 103. The maximum Gasteiger partial charge on any atom is 0.185 e. The predicted molar refractivity (Wildman–Crippen MR) is 675 cm³/mol. The van der Waals surface area contributed by atoms with Crippen molar-refractivity contribution in [1.82, 2.24) is 15.0 Å². The average molecular weight is 2060 g/mol. The van der Waals surface area contributed by atoms with Gasteiger partial charge in [0.05, 0.1) is 6.33 Å². The number of H-pyrrole nitrogens is 2. The maximum atomic E-state index is 10.0. The molecule has 0 atom stereocenters. The maximum absolute atomic E-state index is 10.0. The van der Waals surface area contributed by atoms with Gasteiger partial charge in [-0.2, -0.15) is 24.4 Å². The van der Waals surface area contributed by atoms with Crippen molar-refractivity contribution >= 4 is 76.0 Å². The van der Waals surface area contributed by atoms with Crippen LogP contribution in [0.15, 0.2) is 127 Å². The summed E-state index contributed by atoms with van der Waals surface area (Å²) < 4.78 is 0. The van der Waals surface area contributed by atoms with Gasteiger partial charge < -0.3 is 45.7 Å². The van der Waals surface area contributed by atoms with Crippen molar-refractivity contribution < 1.29 is 24.3 Å². The first-order chi connectivity index (χ1) is 65.2. The van der Waals surface area contributed by atoms with E-state index in [4.69, 9.17) is 28.2 Å². The lowest BCUT2D eigenvalue weighted by Crippen LogP contribution is -2.22. The molecule has 0 saturated heterocycles. The number of phenolic OH excluding ortho intramolecular Hbond substituents is 1. The molecular formula is C127H265ClN6O5S2. The van der Waals surface area contributed by atoms with Crippen LogP contribution < -0.4 is 11.5 Å². The van der Waals surface area contributed by atoms with Gasteiger partial charge >= 0.3 is 0 Å². The predicted octanol–water partition coefficient (Wildman–Crippen LogP) is 44.9. The number of aromatic hydroxyl groups is 1. The van der Waals surface area contributed by atoms with E-state index in [0.717, 1.165) is 106 Å². The number of aryl methyl sites for hydroxylation is 5. The molecule has 0 aliphatic carbocycles. The van der Waals surface area contributed by atoms with E-state index in [1.54, 1.807) is 46.2 Å². The number of thioether (sulfide) groups is 1. The second-order valence-electron chi connectivity index (χ2n) is 34.4. The van der Waals surface area contributed by atoms with Crippen molar-refractivity contribution in [2.24, 2.45) is 40.1 Å². The van der Waals surface area contributed by atoms with Crippen LogP contribution in [0.1, 0.15) is 569 Å². The summed E-state index contributed by atoms with van der Waals surface area (Å²) >= 11 is 11.6. The molecule has 4 aromatic carbocycles. The number of nitrogens with zero attached hydrogens (tertiary/aromatic N) is 2. The number of unbranched alkanes of at least 4 members (excludes halogenated alkanes) is 10. The normalized spacial score (nSPS) is 8.38. The number of aromatic amines is 2. The third kappa shape index (κ3) is 295. The molecule has 2 heterocycles. The van der Waals surface area contributed by atoms with E-state index in [0.29, 0.717) is 23.8 Å². The highest BCUT2D eigenvalue weighted by atomic mass is 35.5. The topological polar surface area (TPSA) is 197 Å². The van der Waals surface area contributed by atoms with Crippen LogP contribution in [0.2, 0.25) is 5.02 Å². The van der Waals surface area contributed by atoms with Crippen LogP contribution in [0.3, 0.4) is 0 Å². The molecule has 141 heavy (non-hydrogen) atoms. The van der Waals surface area contributed by atoms with Gasteiger partial charge in [-0.1, -0.05) is 547 Å². The highest BCUT2D eigenvalue weighted by Crippen LogP contribution is 2.18. The molecule has 0 bridgehead atoms. The fraction of sp³-hybridized carbons (Fsp3) is 0.732. The van der Waals surface area contributed by atoms with Crippen molar-refractivity contribution in [3.8, 4) is 5.75 Å². The summed E-state index contributed by atoms with van der Waals surface area (Å²) in [6, 6.07) is 34.0. The molecule has 6 rings (SSSR count). The Bertz CT molecular complexity index is 2830. The first kappa shape index (κ1) is 194. The fourth-order valence-corrected chi connectivity index (χ4v) is 7.21. The fourth-order valence-electron chi connectivity index (χ4n) is 6.59. The van der Waals surface area contributed by atoms with Gasteiger partial charge in [0.1, 0.15) is 28.9 Å². The van der Waals surface area contributed by atoms with Crippen LogP contribution in [-0.4, -0.2) is 73.0 Å². The Morgan fingerprint density at radius 2 is 0.709 bits per heavy atom. The molecule has 0 spiro atoms. The number of nitrogens with two attached hydrogens (primary N) is 2. The van der Waals surface area contributed by atoms with E-state index in [2.05, 4.69) is 342 Å². The number of hydrogen-bond acceptors (Lipinski definition) is 9. The molecule has 0 aliphatic heterocycles. The van der Waals surface area contributed by atoms with E-state index >= 15 is 0 Å². The van der Waals surface area contributed by atoms with Crippen LogP contribution in [0.4, 0.5) is 0 Å². The summed E-state index contributed by atoms with van der Waals surface area (Å²) in [5, 5.41) is 11.6. The monoisotopic (exact) mass is 2050 g/mol. The number of carbonyl (C=O) groups is 4. The smallest absolute Gasteiger partial charge is 0.185 e. The number of Topliss-reactive ketones (excluding diaryl/α,β-unsaturated/α-hetero) is 4. The van der Waals surface area contributed by atoms with Crippen LogP contribution in [0, 0.1) is 23.7 Å². The molecule has 0 aliphatic rings. The first-order valence-corrected chi connectivity index (χ1v) is 57.8. The highest BCUT2D eigenvalue weighted by Gasteiger charge is 1.99. The van der Waals surface area contributed by atoms with E-state index in [1.807, 2.05) is 124 Å². The Labute approximate surface area is 907 Å². The molecule has 6 aromatic rings. The molecule has 852 valence electrons. The van der Waals surface area contributed by atoms with Crippen LogP contribution >= 0.6 is 36.0 Å². The van der Waals surface area contributed by atoms with Gasteiger partial charge in [0.2, 0.25) is 0 Å². The largest absolute Gasteiger partial charge is 0.508 e. The highest BCUT2D eigenvalue weighted by molar-refractivity contribution is 7.98. The number of carbonyl (C=O) groups excluding carboxylic acids is 4. The minimum atomic E-state index is 0. The number of para-hydroxylation sites is 1. The number of ketones is 4. The molecule has 0 fully saturated rings. The second-order valence-corrected chi connectivity index (χ2v) is 36.8. The number of aliphatic imine (C=N–C) groups is 1. The van der Waals surface area contributed by atoms with Gasteiger partial charge in [-0.3, -0.25) is 4.99 Å². The van der Waals surface area contributed by atoms with Crippen molar-refractivity contribution in [1.29, 1.82) is 0 Å². The number of nitrogens with one attached hydrogen (secondary N) is 2. The Morgan fingerprint density at radius 1 is 0.404 bits per heavy atom. The Hall–Kier alpha value is -5.63. The molecular weight excluding hydrogens is 1790 g/mol. The minimum Gasteiger partial charge on any atom is -0.508 e. The lowest BCUT2D eigenvalue weighted by molar-refractivity contribution is -0.117. The SMILES string of the molecule is C.C.C.CC.CC.CC(C)C.CC(C)C.CC(C)S.CCC.CCC.CCC.CCC(C)=O.CCC(C)=O.CCC(C)C.CCC(C)C.CCCC.CCCC.CCCC(C)=O.CCCC(C)=O.CCCCC.CCCCC.CCCCCC.CCCCN=C(N)N.CCCSC.CCc1c[nH]c2ccccc12.CCc1ccc(O)cc1.CCc1cccc(Cl)c1.CCc1ccccc1.CCc1cnc[nH]1. The molecule has 0 radical (unpaired) electrons. The molecule has 0 unspecified atom stereocenters. The van der Waals surface area contributed by atoms with E-state index < -0.39 is 0 Å². The number of aromatic nitrogens is 3. The van der Waals surface area contributed by atoms with E-state index in [9.17, 15) is 19.2 Å². The zero-order chi connectivity index (χ0) is 112. The Balaban J connectivity index is -0.0000000493. The zero-order valence-corrected chi connectivity index (χ0v) is 105. The van der Waals surface area contributed by atoms with Gasteiger partial charge in [-0.05, 0) is 179 Å². The molecule has 0 amide bonds. The number of benzene rings is 4. The lowest BCUT2D eigenvalue weighted by atomic mass is 10.1. The number of phenols is 1. The standard InChI is InChI=1S/C10H11N.C8H9Cl.C8H10O.C8H10.C6H14.C5H13N3.C5H8N2.2C5H10O.4C5H12.2C4H8O.C4H10S.4C4H10.C3H8S.3C3H8.2C2H6.3CH4/c1-2-8-7-11-10-6-4-3-5-9(8)10;1-2-7-4-3-5-8(9)6-7;1-2-7-3-5-8(9)6-4-7;1-2-8-6-4-3-5-7-8;1-3-5-6-4-2;1-2-3-4-8-5(6)7;1-2-5-3-6-4-7-5;2*1-3-4-5(2)6;2*1-4-5(2)3;2*1-3-5-4-2;2*1-3-4(2)5;1-3-4-5-2;2*1-4(2)3;2*1-3-4-2;1-3(2)4;3*1-3-2;2*1-2;;;/h3-7,11H,2H2,1H3;3-6H,2H2,1H3;3-6,9H,2H2,1H3;3-7H,2H2,1H3;3-6H2,1-2H3;2-4H2,1H3,(H4,6,7,8);3-4H,2H2,1H3,(H,6,7);2*3-4H2,1-2H3;2*5H,4H2,1-3H3;2*3-5H2,1-2H3;2*3H2,1-2H3;3-4H2,1-2H3;2*4H,1-3H3;2*3-4H2,1-2H3;3-4H,1-2H3;3*3H2,1-2H3;2*1-2H3;3*1H4. The molecule has 14 heteroatoms. The van der Waals surface area contributed by atoms with Gasteiger partial charge in [-0.25, -0.2) is 4.98 Å². The number of guanidine groups is 1. The van der Waals surface area contributed by atoms with Gasteiger partial charge in [0.25, 0.3) is 0 Å². The summed E-state index contributed by atoms with van der Waals surface area (Å²) in [4.78, 5) is 53.6.